The Morgan fingerprint density at radius 3 is 2.82 bits per heavy atom. The lowest BCUT2D eigenvalue weighted by Gasteiger charge is -2.36. The number of hydrogen-bond donors (Lipinski definition) is 2. The normalized spacial score (nSPS) is 18.1. The first-order chi connectivity index (χ1) is 16.4. The molecule has 8 heteroatoms. The Kier molecular flexibility index (Phi) is 5.91. The molecule has 2 aromatic carbocycles. The number of rotatable bonds is 4. The molecule has 1 atom stereocenters. The fraction of sp³-hybridized carbons (Fsp3) is 0.346. The monoisotopic (exact) mass is 461 g/mol. The molecular weight excluding hydrogens is 433 g/mol. The van der Waals surface area contributed by atoms with Gasteiger partial charge in [0, 0.05) is 42.0 Å². The molecule has 1 fully saturated rings. The summed E-state index contributed by atoms with van der Waals surface area (Å²) >= 11 is 0. The number of anilines is 2. The number of aromatic nitrogens is 2. The van der Waals surface area contributed by atoms with Crippen LogP contribution in [0.4, 0.5) is 15.9 Å². The van der Waals surface area contributed by atoms with Crippen LogP contribution in [0.2, 0.25) is 0 Å². The second-order valence-corrected chi connectivity index (χ2v) is 9.13. The maximum atomic E-state index is 15.2. The Bertz CT molecular complexity index is 1250. The third-order valence-corrected chi connectivity index (χ3v) is 6.53. The predicted molar refractivity (Wildman–Crippen MR) is 130 cm³/mol. The Morgan fingerprint density at radius 1 is 1.21 bits per heavy atom. The molecule has 7 nitrogen and oxygen atoms in total. The van der Waals surface area contributed by atoms with E-state index in [9.17, 15) is 4.79 Å². The van der Waals surface area contributed by atoms with Gasteiger partial charge in [-0.05, 0) is 48.2 Å². The van der Waals surface area contributed by atoms with Gasteiger partial charge in [0.25, 0.3) is 5.91 Å². The van der Waals surface area contributed by atoms with Crippen LogP contribution < -0.4 is 16.0 Å². The summed E-state index contributed by atoms with van der Waals surface area (Å²) in [6, 6.07) is 10.7. The van der Waals surface area contributed by atoms with E-state index in [1.807, 2.05) is 12.1 Å². The van der Waals surface area contributed by atoms with Crippen LogP contribution >= 0.6 is 0 Å². The molecule has 1 amide bonds. The van der Waals surface area contributed by atoms with Crippen LogP contribution in [0.1, 0.15) is 29.8 Å². The predicted octanol–water partition coefficient (Wildman–Crippen LogP) is 3.68. The molecule has 176 valence electrons. The molecule has 1 aromatic heterocycles. The van der Waals surface area contributed by atoms with Gasteiger partial charge in [-0.2, -0.15) is 0 Å². The second-order valence-electron chi connectivity index (χ2n) is 9.13. The van der Waals surface area contributed by atoms with Crippen molar-refractivity contribution < 1.29 is 13.9 Å². The van der Waals surface area contributed by atoms with Crippen molar-refractivity contribution in [3.8, 4) is 22.5 Å². The highest BCUT2D eigenvalue weighted by Gasteiger charge is 2.24. The van der Waals surface area contributed by atoms with Crippen molar-refractivity contribution in [1.82, 2.24) is 15.3 Å². The topological polar surface area (TPSA) is 93.4 Å². The lowest BCUT2D eigenvalue weighted by atomic mass is 9.96. The quantitative estimate of drug-likeness (QED) is 0.616. The minimum absolute atomic E-state index is 0.0808. The average Bonchev–Trinajstić information content (AvgIpc) is 2.84. The van der Waals surface area contributed by atoms with E-state index in [4.69, 9.17) is 10.5 Å². The van der Waals surface area contributed by atoms with E-state index in [0.29, 0.717) is 41.6 Å². The summed E-state index contributed by atoms with van der Waals surface area (Å²) in [5.41, 5.74) is 10.6. The van der Waals surface area contributed by atoms with Crippen LogP contribution in [0.25, 0.3) is 22.5 Å². The highest BCUT2D eigenvalue weighted by atomic mass is 19.1. The number of morpholine rings is 1. The summed E-state index contributed by atoms with van der Waals surface area (Å²) in [5.74, 6) is 0.211. The molecule has 1 saturated heterocycles. The Balaban J connectivity index is 1.45. The Hall–Kier alpha value is -3.52. The molecule has 0 unspecified atom stereocenters. The zero-order chi connectivity index (χ0) is 23.8. The first kappa shape index (κ1) is 22.3. The number of nitrogens with zero attached hydrogens (tertiary/aromatic N) is 3. The molecule has 2 aliphatic heterocycles. The highest BCUT2D eigenvalue weighted by Crippen LogP contribution is 2.31. The number of halogens is 1. The van der Waals surface area contributed by atoms with Crippen molar-refractivity contribution in [3.05, 3.63) is 59.5 Å². The molecule has 3 N–H and O–H groups in total. The number of fused-ring (bicyclic) bond motifs is 1. The van der Waals surface area contributed by atoms with Crippen molar-refractivity contribution in [3.63, 3.8) is 0 Å². The van der Waals surface area contributed by atoms with Crippen LogP contribution in [0.3, 0.4) is 0 Å². The van der Waals surface area contributed by atoms with Crippen molar-refractivity contribution >= 4 is 17.4 Å². The fourth-order valence-corrected chi connectivity index (χ4v) is 4.54. The fourth-order valence-electron chi connectivity index (χ4n) is 4.54. The van der Waals surface area contributed by atoms with E-state index in [1.54, 1.807) is 24.3 Å². The number of carbonyl (C=O) groups excluding carboxylic acids is 1. The van der Waals surface area contributed by atoms with Crippen molar-refractivity contribution in [2.75, 3.05) is 36.9 Å². The number of amides is 1. The van der Waals surface area contributed by atoms with Gasteiger partial charge in [0.05, 0.1) is 24.6 Å². The van der Waals surface area contributed by atoms with Crippen LogP contribution in [0.15, 0.2) is 42.6 Å². The zero-order valence-corrected chi connectivity index (χ0v) is 19.3. The van der Waals surface area contributed by atoms with Gasteiger partial charge >= 0.3 is 0 Å². The van der Waals surface area contributed by atoms with Crippen LogP contribution in [-0.2, 0) is 11.2 Å². The lowest BCUT2D eigenvalue weighted by molar-refractivity contribution is 0.0114. The van der Waals surface area contributed by atoms with Crippen LogP contribution in [0, 0.1) is 11.7 Å². The molecule has 0 radical (unpaired) electrons. The van der Waals surface area contributed by atoms with E-state index in [2.05, 4.69) is 34.0 Å². The number of ether oxygens (including phenoxy) is 1. The summed E-state index contributed by atoms with van der Waals surface area (Å²) in [6.07, 6.45) is 2.36. The summed E-state index contributed by atoms with van der Waals surface area (Å²) in [5, 5.41) is 2.84. The third-order valence-electron chi connectivity index (χ3n) is 6.53. The number of nitrogen functional groups attached to an aromatic ring is 1. The van der Waals surface area contributed by atoms with Gasteiger partial charge in [-0.25, -0.2) is 14.4 Å². The Morgan fingerprint density at radius 2 is 2.03 bits per heavy atom. The maximum Gasteiger partial charge on any atom is 0.251 e. The van der Waals surface area contributed by atoms with Crippen molar-refractivity contribution in [1.29, 1.82) is 0 Å². The molecular formula is C26H28FN5O2. The van der Waals surface area contributed by atoms with Gasteiger partial charge < -0.3 is 20.7 Å². The number of hydrogen-bond acceptors (Lipinski definition) is 6. The minimum atomic E-state index is -0.364. The van der Waals surface area contributed by atoms with Gasteiger partial charge in [-0.3, -0.25) is 4.79 Å². The second kappa shape index (κ2) is 9.02. The third kappa shape index (κ3) is 4.21. The van der Waals surface area contributed by atoms with E-state index < -0.39 is 0 Å². The van der Waals surface area contributed by atoms with Gasteiger partial charge in [-0.15, -0.1) is 0 Å². The van der Waals surface area contributed by atoms with E-state index in [-0.39, 0.29) is 23.6 Å². The van der Waals surface area contributed by atoms with Gasteiger partial charge in [0.1, 0.15) is 17.3 Å². The first-order valence-electron chi connectivity index (χ1n) is 11.6. The average molecular weight is 462 g/mol. The lowest BCUT2D eigenvalue weighted by Crippen LogP contribution is -2.44. The molecule has 3 heterocycles. The summed E-state index contributed by atoms with van der Waals surface area (Å²) in [6.45, 7) is 6.94. The van der Waals surface area contributed by atoms with Gasteiger partial charge in [-0.1, -0.05) is 19.9 Å². The van der Waals surface area contributed by atoms with Crippen molar-refractivity contribution in [2.45, 2.75) is 26.4 Å². The first-order valence-corrected chi connectivity index (χ1v) is 11.6. The number of nitrogens with two attached hydrogens (primary N) is 1. The SMILES string of the molecule is CC(C)[C@H]1CN(c2ccc(-c3cnc(N)c(-c4ccc5c(c4)CCNC5=O)n3)c(F)c2)CCO1. The zero-order valence-electron chi connectivity index (χ0n) is 19.3. The minimum Gasteiger partial charge on any atom is -0.382 e. The molecule has 0 aliphatic carbocycles. The van der Waals surface area contributed by atoms with Gasteiger partial charge in [0.2, 0.25) is 0 Å². The van der Waals surface area contributed by atoms with Gasteiger partial charge in [0.15, 0.2) is 0 Å². The molecule has 0 bridgehead atoms. The summed E-state index contributed by atoms with van der Waals surface area (Å²) < 4.78 is 21.1. The molecule has 5 rings (SSSR count). The molecule has 0 saturated carbocycles. The summed E-state index contributed by atoms with van der Waals surface area (Å²) in [7, 11) is 0. The standard InChI is InChI=1S/C26H28FN5O2/c1-15(2)23-14-32(9-10-34-23)18-4-6-20(21(27)12-18)22-13-30-25(28)24(31-22)17-3-5-19-16(11-17)7-8-29-26(19)33/h3-6,11-13,15,23H,7-10,14H2,1-2H3,(H2,28,30)(H,29,33)/t23-/m1/s1. The largest absolute Gasteiger partial charge is 0.382 e. The molecule has 0 spiro atoms. The van der Waals surface area contributed by atoms with E-state index in [1.165, 1.54) is 6.20 Å². The molecule has 34 heavy (non-hydrogen) atoms. The number of nitrogens with one attached hydrogen (secondary N) is 1. The van der Waals surface area contributed by atoms with E-state index in [0.717, 1.165) is 36.3 Å². The summed E-state index contributed by atoms with van der Waals surface area (Å²) in [4.78, 5) is 23.2. The number of carbonyl (C=O) groups is 1. The van der Waals surface area contributed by atoms with E-state index >= 15 is 4.39 Å². The smallest absolute Gasteiger partial charge is 0.251 e. The van der Waals surface area contributed by atoms with Crippen LogP contribution in [-0.4, -0.2) is 48.2 Å². The van der Waals surface area contributed by atoms with Crippen LogP contribution in [0.5, 0.6) is 0 Å². The maximum absolute atomic E-state index is 15.2. The number of benzene rings is 2. The van der Waals surface area contributed by atoms with Crippen molar-refractivity contribution in [2.24, 2.45) is 5.92 Å². The molecule has 3 aromatic rings. The molecule has 2 aliphatic rings. The Labute approximate surface area is 198 Å². The highest BCUT2D eigenvalue weighted by molar-refractivity contribution is 5.97.